The number of piperidine rings is 1. The number of rotatable bonds is 11. The van der Waals surface area contributed by atoms with Crippen LogP contribution in [0.25, 0.3) is 0 Å². The number of carbonyl (C=O) groups is 2. The second kappa shape index (κ2) is 11.7. The van der Waals surface area contributed by atoms with Gasteiger partial charge >= 0.3 is 0 Å². The molecule has 0 unspecified atom stereocenters. The largest absolute Gasteiger partial charge is 0.507 e. The van der Waals surface area contributed by atoms with E-state index in [1.807, 2.05) is 30.3 Å². The second-order valence-corrected chi connectivity index (χ2v) is 8.30. The Morgan fingerprint density at radius 3 is 2.28 bits per heavy atom. The molecule has 6 heteroatoms. The molecule has 0 atom stereocenters. The number of nitrogens with zero attached hydrogens (tertiary/aromatic N) is 1. The summed E-state index contributed by atoms with van der Waals surface area (Å²) < 4.78 is 10.4. The van der Waals surface area contributed by atoms with Crippen LogP contribution in [-0.2, 0) is 0 Å². The van der Waals surface area contributed by atoms with Crippen LogP contribution in [0.1, 0.15) is 59.2 Å². The van der Waals surface area contributed by atoms with Gasteiger partial charge in [-0.15, -0.1) is 0 Å². The van der Waals surface area contributed by atoms with Crippen LogP contribution < -0.4 is 9.47 Å². The van der Waals surface area contributed by atoms with Crippen molar-refractivity contribution in [2.24, 2.45) is 5.92 Å². The monoisotopic (exact) mass is 439 g/mol. The van der Waals surface area contributed by atoms with E-state index >= 15 is 0 Å². The number of ether oxygens (including phenoxy) is 2. The van der Waals surface area contributed by atoms with E-state index < -0.39 is 0 Å². The normalized spacial score (nSPS) is 14.8. The van der Waals surface area contributed by atoms with Crippen molar-refractivity contribution in [2.45, 2.75) is 38.5 Å². The van der Waals surface area contributed by atoms with Crippen molar-refractivity contribution >= 4 is 11.6 Å². The molecule has 32 heavy (non-hydrogen) atoms. The smallest absolute Gasteiger partial charge is 0.166 e. The average molecular weight is 440 g/mol. The topological polar surface area (TPSA) is 76.1 Å². The summed E-state index contributed by atoms with van der Waals surface area (Å²) in [6.45, 7) is 2.88. The van der Waals surface area contributed by atoms with Gasteiger partial charge < -0.3 is 19.5 Å². The predicted molar refractivity (Wildman–Crippen MR) is 124 cm³/mol. The number of phenolic OH excluding ortho intramolecular Hbond substituents is 1. The molecule has 6 nitrogen and oxygen atoms in total. The maximum absolute atomic E-state index is 12.6. The Labute approximate surface area is 190 Å². The number of benzene rings is 2. The fourth-order valence-electron chi connectivity index (χ4n) is 4.28. The number of hydrogen-bond acceptors (Lipinski definition) is 6. The van der Waals surface area contributed by atoms with Gasteiger partial charge in [-0.05, 0) is 51.4 Å². The van der Waals surface area contributed by atoms with Crippen molar-refractivity contribution in [3.63, 3.8) is 0 Å². The van der Waals surface area contributed by atoms with Gasteiger partial charge in [-0.2, -0.15) is 0 Å². The highest BCUT2D eigenvalue weighted by Crippen LogP contribution is 2.34. The van der Waals surface area contributed by atoms with Gasteiger partial charge in [0.1, 0.15) is 5.75 Å². The lowest BCUT2D eigenvalue weighted by Gasteiger charge is -2.31. The molecule has 1 aliphatic rings. The van der Waals surface area contributed by atoms with E-state index in [1.165, 1.54) is 26.4 Å². The van der Waals surface area contributed by atoms with E-state index in [0.29, 0.717) is 17.9 Å². The summed E-state index contributed by atoms with van der Waals surface area (Å²) in [7, 11) is 2.99. The van der Waals surface area contributed by atoms with Crippen molar-refractivity contribution < 1.29 is 24.2 Å². The summed E-state index contributed by atoms with van der Waals surface area (Å²) in [6, 6.07) is 12.5. The molecule has 2 aromatic carbocycles. The Bertz CT molecular complexity index is 904. The Hall–Kier alpha value is -2.86. The molecule has 0 aliphatic carbocycles. The third-order valence-corrected chi connectivity index (χ3v) is 6.20. The van der Waals surface area contributed by atoms with Crippen LogP contribution in [-0.4, -0.2) is 55.4 Å². The highest BCUT2D eigenvalue weighted by Gasteiger charge is 2.25. The number of methoxy groups -OCH3 is 2. The molecule has 3 rings (SSSR count). The molecule has 0 spiro atoms. The molecule has 0 saturated carbocycles. The SMILES string of the molecule is COc1cc(O)c(C(=O)CCCCCN2CCC(C(=O)c3ccccc3)CC2)cc1OC. The number of unbranched alkanes of at least 4 members (excludes halogenated alkanes) is 2. The third kappa shape index (κ3) is 6.10. The van der Waals surface area contributed by atoms with Gasteiger partial charge in [0, 0.05) is 24.0 Å². The summed E-state index contributed by atoms with van der Waals surface area (Å²) in [5.74, 6) is 1.05. The summed E-state index contributed by atoms with van der Waals surface area (Å²) >= 11 is 0. The zero-order valence-electron chi connectivity index (χ0n) is 19.0. The Kier molecular flexibility index (Phi) is 8.68. The molecule has 0 bridgehead atoms. The van der Waals surface area contributed by atoms with Gasteiger partial charge in [0.2, 0.25) is 0 Å². The Balaban J connectivity index is 1.36. The van der Waals surface area contributed by atoms with Crippen molar-refractivity contribution in [1.29, 1.82) is 0 Å². The number of aromatic hydroxyl groups is 1. The van der Waals surface area contributed by atoms with Crippen molar-refractivity contribution in [3.8, 4) is 17.2 Å². The molecule has 0 amide bonds. The van der Waals surface area contributed by atoms with Crippen molar-refractivity contribution in [3.05, 3.63) is 53.6 Å². The molecule has 2 aromatic rings. The van der Waals surface area contributed by atoms with E-state index in [9.17, 15) is 14.7 Å². The first kappa shape index (κ1) is 23.8. The average Bonchev–Trinajstić information content (AvgIpc) is 2.84. The van der Waals surface area contributed by atoms with Crippen LogP contribution in [0.2, 0.25) is 0 Å². The molecule has 1 fully saturated rings. The van der Waals surface area contributed by atoms with Crippen LogP contribution in [0.15, 0.2) is 42.5 Å². The summed E-state index contributed by atoms with van der Waals surface area (Å²) in [5, 5.41) is 10.1. The van der Waals surface area contributed by atoms with Gasteiger partial charge in [0.05, 0.1) is 19.8 Å². The second-order valence-electron chi connectivity index (χ2n) is 8.30. The minimum absolute atomic E-state index is 0.0828. The minimum atomic E-state index is -0.0938. The van der Waals surface area contributed by atoms with Crippen molar-refractivity contribution in [2.75, 3.05) is 33.9 Å². The van der Waals surface area contributed by atoms with Gasteiger partial charge in [0.15, 0.2) is 23.1 Å². The fraction of sp³-hybridized carbons (Fsp3) is 0.462. The highest BCUT2D eigenvalue weighted by atomic mass is 16.5. The molecule has 1 aliphatic heterocycles. The summed E-state index contributed by atoms with van der Waals surface area (Å²) in [5.41, 5.74) is 1.09. The summed E-state index contributed by atoms with van der Waals surface area (Å²) in [4.78, 5) is 27.5. The molecule has 172 valence electrons. The number of likely N-dealkylation sites (tertiary alicyclic amines) is 1. The lowest BCUT2D eigenvalue weighted by molar-refractivity contribution is 0.0839. The van der Waals surface area contributed by atoms with E-state index in [1.54, 1.807) is 0 Å². The highest BCUT2D eigenvalue weighted by molar-refractivity contribution is 5.99. The lowest BCUT2D eigenvalue weighted by atomic mass is 9.89. The standard InChI is InChI=1S/C26H33NO5/c1-31-24-17-21(23(29)18-25(24)32-2)22(28)11-7-4-8-14-27-15-12-20(13-16-27)26(30)19-9-5-3-6-10-19/h3,5-6,9-10,17-18,20,29H,4,7-8,11-16H2,1-2H3. The van der Waals surface area contributed by atoms with Crippen LogP contribution in [0.3, 0.4) is 0 Å². The maximum atomic E-state index is 12.6. The first-order chi connectivity index (χ1) is 15.5. The number of carbonyl (C=O) groups excluding carboxylic acids is 2. The predicted octanol–water partition coefficient (Wildman–Crippen LogP) is 4.75. The van der Waals surface area contributed by atoms with Gasteiger partial charge in [-0.1, -0.05) is 36.8 Å². The quantitative estimate of drug-likeness (QED) is 0.402. The molecule has 1 heterocycles. The molecule has 1 saturated heterocycles. The molecular formula is C26H33NO5. The van der Waals surface area contributed by atoms with Gasteiger partial charge in [-0.3, -0.25) is 9.59 Å². The lowest BCUT2D eigenvalue weighted by Crippen LogP contribution is -2.36. The zero-order valence-corrected chi connectivity index (χ0v) is 19.0. The van der Waals surface area contributed by atoms with E-state index in [-0.39, 0.29) is 28.8 Å². The van der Waals surface area contributed by atoms with Crippen LogP contribution in [0.5, 0.6) is 17.2 Å². The zero-order chi connectivity index (χ0) is 22.9. The van der Waals surface area contributed by atoms with Crippen LogP contribution in [0, 0.1) is 5.92 Å². The molecule has 0 radical (unpaired) electrons. The molecular weight excluding hydrogens is 406 g/mol. The minimum Gasteiger partial charge on any atom is -0.507 e. The molecule has 1 N–H and O–H groups in total. The van der Waals surface area contributed by atoms with Crippen molar-refractivity contribution in [1.82, 2.24) is 4.90 Å². The Morgan fingerprint density at radius 1 is 0.969 bits per heavy atom. The number of phenols is 1. The van der Waals surface area contributed by atoms with E-state index in [4.69, 9.17) is 9.47 Å². The van der Waals surface area contributed by atoms with E-state index in [0.717, 1.165) is 57.3 Å². The first-order valence-electron chi connectivity index (χ1n) is 11.3. The fourth-order valence-corrected chi connectivity index (χ4v) is 4.28. The van der Waals surface area contributed by atoms with Crippen LogP contribution >= 0.6 is 0 Å². The number of hydrogen-bond donors (Lipinski definition) is 1. The summed E-state index contributed by atoms with van der Waals surface area (Å²) in [6.07, 6.45) is 4.94. The van der Waals surface area contributed by atoms with Gasteiger partial charge in [0.25, 0.3) is 0 Å². The maximum Gasteiger partial charge on any atom is 0.166 e. The Morgan fingerprint density at radius 2 is 1.62 bits per heavy atom. The number of Topliss-reactive ketones (excluding diaryl/α,β-unsaturated/α-hetero) is 2. The number of ketones is 2. The first-order valence-corrected chi connectivity index (χ1v) is 11.3. The van der Waals surface area contributed by atoms with Crippen LogP contribution in [0.4, 0.5) is 0 Å². The van der Waals surface area contributed by atoms with E-state index in [2.05, 4.69) is 4.90 Å². The van der Waals surface area contributed by atoms with Gasteiger partial charge in [-0.25, -0.2) is 0 Å². The molecule has 0 aromatic heterocycles. The third-order valence-electron chi connectivity index (χ3n) is 6.20.